The molecule has 0 aromatic heterocycles. The average Bonchev–Trinajstić information content (AvgIpc) is 3.22. The van der Waals surface area contributed by atoms with Gasteiger partial charge in [0.1, 0.15) is 13.2 Å². The summed E-state index contributed by atoms with van der Waals surface area (Å²) in [5, 5.41) is 0. The van der Waals surface area contributed by atoms with Gasteiger partial charge in [-0.15, -0.1) is 0 Å². The van der Waals surface area contributed by atoms with E-state index in [1.807, 2.05) is 0 Å². The first-order valence-corrected chi connectivity index (χ1v) is 24.3. The van der Waals surface area contributed by atoms with E-state index in [9.17, 15) is 14.4 Å². The van der Waals surface area contributed by atoms with E-state index in [0.717, 1.165) is 83.5 Å². The number of hydrogen-bond donors (Lipinski definition) is 0. The zero-order chi connectivity index (χ0) is 42.3. The van der Waals surface area contributed by atoms with Gasteiger partial charge in [-0.1, -0.05) is 197 Å². The van der Waals surface area contributed by atoms with Crippen molar-refractivity contribution in [2.45, 2.75) is 239 Å². The molecule has 0 radical (unpaired) electrons. The molecule has 6 heteroatoms. The number of carbonyl (C=O) groups is 3. The van der Waals surface area contributed by atoms with Gasteiger partial charge in [0.15, 0.2) is 6.10 Å². The van der Waals surface area contributed by atoms with Crippen molar-refractivity contribution in [3.05, 3.63) is 60.8 Å². The molecule has 0 N–H and O–H groups in total. The number of ether oxygens (including phenoxy) is 3. The summed E-state index contributed by atoms with van der Waals surface area (Å²) in [6.45, 7) is 6.45. The Bertz CT molecular complexity index is 1070. The topological polar surface area (TPSA) is 78.9 Å². The van der Waals surface area contributed by atoms with Crippen LogP contribution in [0, 0.1) is 0 Å². The van der Waals surface area contributed by atoms with Crippen LogP contribution in [-0.2, 0) is 28.6 Å². The Morgan fingerprint density at radius 1 is 0.362 bits per heavy atom. The van der Waals surface area contributed by atoms with E-state index < -0.39 is 6.10 Å². The van der Waals surface area contributed by atoms with Crippen molar-refractivity contribution in [2.24, 2.45) is 0 Å². The summed E-state index contributed by atoms with van der Waals surface area (Å²) in [7, 11) is 0. The van der Waals surface area contributed by atoms with E-state index in [0.29, 0.717) is 25.7 Å². The lowest BCUT2D eigenvalue weighted by atomic mass is 10.0. The van der Waals surface area contributed by atoms with Crippen molar-refractivity contribution >= 4 is 17.9 Å². The molecule has 0 aromatic carbocycles. The Morgan fingerprint density at radius 2 is 0.690 bits per heavy atom. The maximum Gasteiger partial charge on any atom is 0.306 e. The van der Waals surface area contributed by atoms with Crippen LogP contribution in [0.1, 0.15) is 233 Å². The van der Waals surface area contributed by atoms with Crippen LogP contribution >= 0.6 is 0 Å². The van der Waals surface area contributed by atoms with Crippen molar-refractivity contribution < 1.29 is 28.6 Å². The maximum absolute atomic E-state index is 12.7. The Morgan fingerprint density at radius 3 is 1.16 bits per heavy atom. The van der Waals surface area contributed by atoms with Crippen LogP contribution < -0.4 is 0 Å². The van der Waals surface area contributed by atoms with Crippen LogP contribution in [0.3, 0.4) is 0 Å². The zero-order valence-electron chi connectivity index (χ0n) is 38.0. The molecule has 0 amide bonds. The van der Waals surface area contributed by atoms with Crippen LogP contribution in [0.2, 0.25) is 0 Å². The highest BCUT2D eigenvalue weighted by Crippen LogP contribution is 2.14. The summed E-state index contributed by atoms with van der Waals surface area (Å²) in [5.74, 6) is -0.937. The smallest absolute Gasteiger partial charge is 0.306 e. The van der Waals surface area contributed by atoms with Crippen molar-refractivity contribution in [3.63, 3.8) is 0 Å². The molecule has 334 valence electrons. The first kappa shape index (κ1) is 55.1. The molecule has 0 aliphatic heterocycles. The second-order valence-electron chi connectivity index (χ2n) is 16.0. The van der Waals surface area contributed by atoms with Gasteiger partial charge in [-0.3, -0.25) is 14.4 Å². The summed E-state index contributed by atoms with van der Waals surface area (Å²) < 4.78 is 16.7. The molecule has 0 rings (SSSR count). The fourth-order valence-electron chi connectivity index (χ4n) is 6.61. The van der Waals surface area contributed by atoms with Crippen LogP contribution in [0.25, 0.3) is 0 Å². The normalized spacial score (nSPS) is 12.5. The van der Waals surface area contributed by atoms with Crippen LogP contribution in [0.15, 0.2) is 60.8 Å². The summed E-state index contributed by atoms with van der Waals surface area (Å²) in [6, 6.07) is 0. The third-order valence-corrected chi connectivity index (χ3v) is 10.3. The lowest BCUT2D eigenvalue weighted by Crippen LogP contribution is -2.30. The van der Waals surface area contributed by atoms with Gasteiger partial charge in [0.25, 0.3) is 0 Å². The van der Waals surface area contributed by atoms with Crippen molar-refractivity contribution in [2.75, 3.05) is 13.2 Å². The Balaban J connectivity index is 4.34. The number of allylic oxidation sites excluding steroid dienone is 10. The SMILES string of the molecule is CC/C=C\C/C=C\C/C=C\C/C=C\CCCCCCCCC(=O)OCC(COC(=O)CCC/C=C\CCCCCC)OC(=O)CCCCCCCCCCCCCC. The van der Waals surface area contributed by atoms with Crippen LogP contribution in [-0.4, -0.2) is 37.2 Å². The van der Waals surface area contributed by atoms with Gasteiger partial charge in [-0.05, 0) is 77.0 Å². The van der Waals surface area contributed by atoms with E-state index in [4.69, 9.17) is 14.2 Å². The molecule has 1 unspecified atom stereocenters. The quantitative estimate of drug-likeness (QED) is 0.0264. The maximum atomic E-state index is 12.7. The number of esters is 3. The molecular weight excluding hydrogens is 721 g/mol. The highest BCUT2D eigenvalue weighted by atomic mass is 16.6. The molecule has 6 nitrogen and oxygen atoms in total. The third-order valence-electron chi connectivity index (χ3n) is 10.3. The number of hydrogen-bond acceptors (Lipinski definition) is 6. The molecule has 0 fully saturated rings. The zero-order valence-corrected chi connectivity index (χ0v) is 38.0. The van der Waals surface area contributed by atoms with Gasteiger partial charge in [0, 0.05) is 19.3 Å². The minimum atomic E-state index is -0.786. The summed E-state index contributed by atoms with van der Waals surface area (Å²) >= 11 is 0. The highest BCUT2D eigenvalue weighted by molar-refractivity contribution is 5.71. The molecular formula is C52H90O6. The molecule has 0 bridgehead atoms. The lowest BCUT2D eigenvalue weighted by molar-refractivity contribution is -0.167. The van der Waals surface area contributed by atoms with Crippen molar-refractivity contribution in [3.8, 4) is 0 Å². The van der Waals surface area contributed by atoms with Crippen LogP contribution in [0.5, 0.6) is 0 Å². The standard InChI is InChI=1S/C52H90O6/c1-4-7-10-13-16-19-21-23-24-25-26-27-28-29-31-33-36-39-42-45-51(54)57-48-49(47-56-50(53)44-41-38-35-32-18-15-12-9-6-3)58-52(55)46-43-40-37-34-30-22-20-17-14-11-8-5-2/h7,10,16,19,23-24,26-27,32,35,49H,4-6,8-9,11-15,17-18,20-22,25,28-31,33-34,36-48H2,1-3H3/b10-7-,19-16-,24-23-,27-26-,35-32-. The lowest BCUT2D eigenvalue weighted by Gasteiger charge is -2.18. The van der Waals surface area contributed by atoms with Gasteiger partial charge < -0.3 is 14.2 Å². The van der Waals surface area contributed by atoms with E-state index in [1.165, 1.54) is 103 Å². The van der Waals surface area contributed by atoms with Gasteiger partial charge in [0.2, 0.25) is 0 Å². The summed E-state index contributed by atoms with van der Waals surface area (Å²) in [6.07, 6.45) is 56.4. The average molecular weight is 811 g/mol. The van der Waals surface area contributed by atoms with Gasteiger partial charge in [0.05, 0.1) is 0 Å². The minimum Gasteiger partial charge on any atom is -0.462 e. The number of carbonyl (C=O) groups excluding carboxylic acids is 3. The molecule has 0 aliphatic rings. The number of rotatable bonds is 43. The van der Waals surface area contributed by atoms with Crippen LogP contribution in [0.4, 0.5) is 0 Å². The van der Waals surface area contributed by atoms with E-state index >= 15 is 0 Å². The second kappa shape index (κ2) is 46.8. The third kappa shape index (κ3) is 44.2. The molecule has 1 atom stereocenters. The fourth-order valence-corrected chi connectivity index (χ4v) is 6.61. The molecule has 0 saturated heterocycles. The Labute approximate surface area is 358 Å². The molecule has 58 heavy (non-hydrogen) atoms. The summed E-state index contributed by atoms with van der Waals surface area (Å²) in [5.41, 5.74) is 0. The fraction of sp³-hybridized carbons (Fsp3) is 0.750. The minimum absolute atomic E-state index is 0.0889. The monoisotopic (exact) mass is 811 g/mol. The predicted molar refractivity (Wildman–Crippen MR) is 247 cm³/mol. The molecule has 0 heterocycles. The Kier molecular flexibility index (Phi) is 44.5. The van der Waals surface area contributed by atoms with Gasteiger partial charge >= 0.3 is 17.9 Å². The summed E-state index contributed by atoms with van der Waals surface area (Å²) in [4.78, 5) is 37.7. The molecule has 0 saturated carbocycles. The first-order valence-electron chi connectivity index (χ1n) is 24.3. The van der Waals surface area contributed by atoms with Gasteiger partial charge in [-0.2, -0.15) is 0 Å². The predicted octanol–water partition coefficient (Wildman–Crippen LogP) is 15.7. The Hall–Kier alpha value is -2.89. The number of unbranched alkanes of at least 4 members (excludes halogenated alkanes) is 22. The van der Waals surface area contributed by atoms with Crippen molar-refractivity contribution in [1.29, 1.82) is 0 Å². The van der Waals surface area contributed by atoms with Gasteiger partial charge in [-0.25, -0.2) is 0 Å². The van der Waals surface area contributed by atoms with E-state index in [2.05, 4.69) is 81.5 Å². The highest BCUT2D eigenvalue weighted by Gasteiger charge is 2.19. The molecule has 0 aromatic rings. The second-order valence-corrected chi connectivity index (χ2v) is 16.0. The van der Waals surface area contributed by atoms with E-state index in [1.54, 1.807) is 0 Å². The van der Waals surface area contributed by atoms with Crippen molar-refractivity contribution in [1.82, 2.24) is 0 Å². The van der Waals surface area contributed by atoms with E-state index in [-0.39, 0.29) is 31.1 Å². The first-order chi connectivity index (χ1) is 28.5. The molecule has 0 spiro atoms. The molecule has 0 aliphatic carbocycles. The largest absolute Gasteiger partial charge is 0.462 e.